The summed E-state index contributed by atoms with van der Waals surface area (Å²) in [4.78, 5) is 2.31. The van der Waals surface area contributed by atoms with Crippen molar-refractivity contribution in [2.24, 2.45) is 0 Å². The van der Waals surface area contributed by atoms with E-state index in [1.54, 1.807) is 0 Å². The van der Waals surface area contributed by atoms with Gasteiger partial charge in [-0.15, -0.1) is 0 Å². The molecule has 16 heavy (non-hydrogen) atoms. The van der Waals surface area contributed by atoms with Crippen LogP contribution in [0, 0.1) is 0 Å². The Morgan fingerprint density at radius 3 is 2.75 bits per heavy atom. The summed E-state index contributed by atoms with van der Waals surface area (Å²) < 4.78 is 0. The van der Waals surface area contributed by atoms with Crippen molar-refractivity contribution in [3.8, 4) is 0 Å². The van der Waals surface area contributed by atoms with Crippen LogP contribution in [-0.2, 0) is 6.54 Å². The molecule has 0 radical (unpaired) electrons. The van der Waals surface area contributed by atoms with E-state index in [0.717, 1.165) is 26.1 Å². The molecule has 3 nitrogen and oxygen atoms in total. The molecule has 3 heteroatoms. The van der Waals surface area contributed by atoms with E-state index >= 15 is 0 Å². The molecule has 1 fully saturated rings. The molecule has 1 saturated heterocycles. The van der Waals surface area contributed by atoms with Gasteiger partial charge in [-0.25, -0.2) is 0 Å². The van der Waals surface area contributed by atoms with E-state index in [9.17, 15) is 5.11 Å². The number of benzene rings is 1. The van der Waals surface area contributed by atoms with Crippen molar-refractivity contribution in [2.75, 3.05) is 20.1 Å². The molecule has 2 atom stereocenters. The minimum atomic E-state index is -0.248. The van der Waals surface area contributed by atoms with E-state index < -0.39 is 0 Å². The Kier molecular flexibility index (Phi) is 3.93. The fourth-order valence-corrected chi connectivity index (χ4v) is 2.32. The van der Waals surface area contributed by atoms with Crippen LogP contribution in [0.5, 0.6) is 0 Å². The maximum atomic E-state index is 9.91. The number of piperidine rings is 1. The number of likely N-dealkylation sites (N-methyl/N-ethyl adjacent to an activating group) is 1. The molecule has 1 heterocycles. The van der Waals surface area contributed by atoms with E-state index in [2.05, 4.69) is 34.5 Å². The number of hydrogen-bond acceptors (Lipinski definition) is 3. The predicted octanol–water partition coefficient (Wildman–Crippen LogP) is 0.841. The zero-order chi connectivity index (χ0) is 11.4. The summed E-state index contributed by atoms with van der Waals surface area (Å²) in [6.45, 7) is 2.76. The summed E-state index contributed by atoms with van der Waals surface area (Å²) in [5.41, 5.74) is 1.32. The number of likely N-dealkylation sites (tertiary alicyclic amines) is 1. The zero-order valence-electron chi connectivity index (χ0n) is 9.76. The van der Waals surface area contributed by atoms with Crippen LogP contribution in [0.2, 0.25) is 0 Å². The van der Waals surface area contributed by atoms with E-state index in [-0.39, 0.29) is 12.1 Å². The molecular formula is C13H20N2O. The zero-order valence-corrected chi connectivity index (χ0v) is 9.76. The van der Waals surface area contributed by atoms with E-state index in [4.69, 9.17) is 0 Å². The highest BCUT2D eigenvalue weighted by atomic mass is 16.3. The number of nitrogens with zero attached hydrogens (tertiary/aromatic N) is 1. The Morgan fingerprint density at radius 1 is 1.38 bits per heavy atom. The Bertz CT molecular complexity index is 315. The van der Waals surface area contributed by atoms with Gasteiger partial charge in [0, 0.05) is 25.7 Å². The number of rotatable bonds is 3. The van der Waals surface area contributed by atoms with Gasteiger partial charge < -0.3 is 10.4 Å². The summed E-state index contributed by atoms with van der Waals surface area (Å²) in [7, 11) is 1.92. The Hall–Kier alpha value is -0.900. The van der Waals surface area contributed by atoms with Crippen molar-refractivity contribution in [3.05, 3.63) is 35.9 Å². The molecule has 1 aromatic rings. The first-order valence-corrected chi connectivity index (χ1v) is 5.91. The molecule has 0 saturated carbocycles. The number of aliphatic hydroxyl groups is 1. The average molecular weight is 220 g/mol. The summed E-state index contributed by atoms with van der Waals surface area (Å²) >= 11 is 0. The highest BCUT2D eigenvalue weighted by molar-refractivity contribution is 5.14. The first kappa shape index (κ1) is 11.6. The molecule has 88 valence electrons. The molecule has 1 aromatic carbocycles. The van der Waals surface area contributed by atoms with Crippen LogP contribution in [0.1, 0.15) is 12.0 Å². The average Bonchev–Trinajstić information content (AvgIpc) is 2.31. The second-order valence-corrected chi connectivity index (χ2v) is 4.47. The lowest BCUT2D eigenvalue weighted by atomic mass is 10.0. The van der Waals surface area contributed by atoms with E-state index in [1.807, 2.05) is 13.1 Å². The number of hydrogen-bond donors (Lipinski definition) is 2. The van der Waals surface area contributed by atoms with Gasteiger partial charge in [0.25, 0.3) is 0 Å². The van der Waals surface area contributed by atoms with Gasteiger partial charge in [-0.3, -0.25) is 4.90 Å². The molecule has 1 aliphatic rings. The third-order valence-corrected chi connectivity index (χ3v) is 3.29. The Morgan fingerprint density at radius 2 is 2.12 bits per heavy atom. The molecule has 2 rings (SSSR count). The molecule has 1 aliphatic heterocycles. The fraction of sp³-hybridized carbons (Fsp3) is 0.538. The molecular weight excluding hydrogens is 200 g/mol. The second-order valence-electron chi connectivity index (χ2n) is 4.47. The fourth-order valence-electron chi connectivity index (χ4n) is 2.32. The van der Waals surface area contributed by atoms with Gasteiger partial charge in [-0.05, 0) is 19.0 Å². The second kappa shape index (κ2) is 5.43. The topological polar surface area (TPSA) is 35.5 Å². The van der Waals surface area contributed by atoms with Gasteiger partial charge in [0.15, 0.2) is 0 Å². The quantitative estimate of drug-likeness (QED) is 0.792. The van der Waals surface area contributed by atoms with Crippen LogP contribution in [0.25, 0.3) is 0 Å². The van der Waals surface area contributed by atoms with Crippen LogP contribution in [0.15, 0.2) is 30.3 Å². The molecule has 0 spiro atoms. The maximum absolute atomic E-state index is 9.91. The van der Waals surface area contributed by atoms with Crippen molar-refractivity contribution in [2.45, 2.75) is 25.1 Å². The van der Waals surface area contributed by atoms with Gasteiger partial charge in [-0.1, -0.05) is 30.3 Å². The number of β-amino-alcohol motifs (C(OH)–C–C–N with tert-alkyl or cyclic N) is 1. The lowest BCUT2D eigenvalue weighted by Gasteiger charge is -2.35. The summed E-state index contributed by atoms with van der Waals surface area (Å²) in [5.74, 6) is 0. The summed E-state index contributed by atoms with van der Waals surface area (Å²) in [6, 6.07) is 10.7. The predicted molar refractivity (Wildman–Crippen MR) is 65.2 cm³/mol. The Balaban J connectivity index is 1.89. The van der Waals surface area contributed by atoms with Crippen molar-refractivity contribution >= 4 is 0 Å². The largest absolute Gasteiger partial charge is 0.390 e. The minimum absolute atomic E-state index is 0.248. The highest BCUT2D eigenvalue weighted by Crippen LogP contribution is 2.13. The number of aliphatic hydroxyl groups excluding tert-OH is 1. The lowest BCUT2D eigenvalue weighted by Crippen LogP contribution is -2.51. The van der Waals surface area contributed by atoms with Gasteiger partial charge in [-0.2, -0.15) is 0 Å². The van der Waals surface area contributed by atoms with Crippen molar-refractivity contribution < 1.29 is 5.11 Å². The summed E-state index contributed by atoms with van der Waals surface area (Å²) in [6.07, 6.45) is 0.771. The SMILES string of the molecule is CN[C@@H]1CCN(Cc2ccccc2)C[C@@H]1O. The summed E-state index contributed by atoms with van der Waals surface area (Å²) in [5, 5.41) is 13.1. The number of nitrogens with one attached hydrogen (secondary N) is 1. The van der Waals surface area contributed by atoms with Gasteiger partial charge in [0.05, 0.1) is 6.10 Å². The van der Waals surface area contributed by atoms with Gasteiger partial charge in [0.2, 0.25) is 0 Å². The normalized spacial score (nSPS) is 26.9. The van der Waals surface area contributed by atoms with E-state index in [0.29, 0.717) is 0 Å². The molecule has 0 bridgehead atoms. The van der Waals surface area contributed by atoms with Crippen LogP contribution >= 0.6 is 0 Å². The third kappa shape index (κ3) is 2.82. The smallest absolute Gasteiger partial charge is 0.0820 e. The standard InChI is InChI=1S/C13H20N2O/c1-14-12-7-8-15(10-13(12)16)9-11-5-3-2-4-6-11/h2-6,12-14,16H,7-10H2,1H3/t12-,13+/m1/s1. The van der Waals surface area contributed by atoms with Crippen LogP contribution in [0.3, 0.4) is 0 Å². The molecule has 0 unspecified atom stereocenters. The molecule has 2 N–H and O–H groups in total. The highest BCUT2D eigenvalue weighted by Gasteiger charge is 2.25. The van der Waals surface area contributed by atoms with Crippen molar-refractivity contribution in [3.63, 3.8) is 0 Å². The maximum Gasteiger partial charge on any atom is 0.0820 e. The van der Waals surface area contributed by atoms with Crippen LogP contribution in [-0.4, -0.2) is 42.3 Å². The lowest BCUT2D eigenvalue weighted by molar-refractivity contribution is 0.0397. The monoisotopic (exact) mass is 220 g/mol. The first-order chi connectivity index (χ1) is 7.79. The van der Waals surface area contributed by atoms with Crippen molar-refractivity contribution in [1.82, 2.24) is 10.2 Å². The van der Waals surface area contributed by atoms with E-state index in [1.165, 1.54) is 5.56 Å². The van der Waals surface area contributed by atoms with Gasteiger partial charge in [0.1, 0.15) is 0 Å². The first-order valence-electron chi connectivity index (χ1n) is 5.91. The van der Waals surface area contributed by atoms with Crippen LogP contribution in [0.4, 0.5) is 0 Å². The minimum Gasteiger partial charge on any atom is -0.390 e. The molecule has 0 aliphatic carbocycles. The molecule has 0 aromatic heterocycles. The molecule has 0 amide bonds. The Labute approximate surface area is 97.1 Å². The third-order valence-electron chi connectivity index (χ3n) is 3.29. The van der Waals surface area contributed by atoms with Crippen molar-refractivity contribution in [1.29, 1.82) is 0 Å². The van der Waals surface area contributed by atoms with Gasteiger partial charge >= 0.3 is 0 Å². The van der Waals surface area contributed by atoms with Crippen LogP contribution < -0.4 is 5.32 Å².